The molecule has 2 amide bonds. The van der Waals surface area contributed by atoms with Crippen molar-refractivity contribution in [2.75, 3.05) is 29.4 Å². The van der Waals surface area contributed by atoms with Gasteiger partial charge in [-0.05, 0) is 55.8 Å². The second kappa shape index (κ2) is 8.87. The molecular formula is C22H26FN3O2. The molecule has 0 aromatic heterocycles. The lowest BCUT2D eigenvalue weighted by molar-refractivity contribution is -0.126. The molecule has 1 fully saturated rings. The van der Waals surface area contributed by atoms with Crippen molar-refractivity contribution in [1.29, 1.82) is 0 Å². The second-order valence-electron chi connectivity index (χ2n) is 6.94. The van der Waals surface area contributed by atoms with Crippen molar-refractivity contribution >= 4 is 23.2 Å². The van der Waals surface area contributed by atoms with E-state index in [4.69, 9.17) is 0 Å². The number of carbonyl (C=O) groups excluding carboxylic acids is 2. The fourth-order valence-electron chi connectivity index (χ4n) is 3.50. The van der Waals surface area contributed by atoms with Crippen molar-refractivity contribution < 1.29 is 14.0 Å². The van der Waals surface area contributed by atoms with E-state index in [0.717, 1.165) is 30.0 Å². The van der Waals surface area contributed by atoms with Gasteiger partial charge in [-0.1, -0.05) is 12.1 Å². The number of rotatable bonds is 7. The van der Waals surface area contributed by atoms with E-state index in [0.29, 0.717) is 13.1 Å². The second-order valence-corrected chi connectivity index (χ2v) is 6.94. The number of nitrogens with one attached hydrogen (secondary N) is 1. The highest BCUT2D eigenvalue weighted by molar-refractivity contribution is 6.00. The summed E-state index contributed by atoms with van der Waals surface area (Å²) >= 11 is 0. The number of hydrogen-bond acceptors (Lipinski definition) is 3. The van der Waals surface area contributed by atoms with E-state index >= 15 is 0 Å². The molecule has 2 aromatic rings. The molecule has 0 aliphatic carbocycles. The standard InChI is InChI=1S/C22H26FN3O2/c1-3-25(4-2)19-9-11-20(12-10-19)26-15-17(13-21(26)27)22(28)24-14-16-5-7-18(23)8-6-16/h5-12,17H,3-4,13-15H2,1-2H3,(H,24,28). The van der Waals surface area contributed by atoms with E-state index < -0.39 is 0 Å². The third-order valence-electron chi connectivity index (χ3n) is 5.17. The van der Waals surface area contributed by atoms with Gasteiger partial charge in [-0.25, -0.2) is 4.39 Å². The van der Waals surface area contributed by atoms with Crippen LogP contribution in [0, 0.1) is 11.7 Å². The normalized spacial score (nSPS) is 16.3. The zero-order chi connectivity index (χ0) is 20.1. The molecule has 1 aliphatic rings. The van der Waals surface area contributed by atoms with Crippen LogP contribution in [0.25, 0.3) is 0 Å². The summed E-state index contributed by atoms with van der Waals surface area (Å²) in [6.45, 7) is 6.76. The van der Waals surface area contributed by atoms with Crippen molar-refractivity contribution in [2.24, 2.45) is 5.92 Å². The Morgan fingerprint density at radius 2 is 1.75 bits per heavy atom. The van der Waals surface area contributed by atoms with Gasteiger partial charge in [0.25, 0.3) is 0 Å². The highest BCUT2D eigenvalue weighted by Crippen LogP contribution is 2.27. The quantitative estimate of drug-likeness (QED) is 0.798. The first-order valence-electron chi connectivity index (χ1n) is 9.69. The van der Waals surface area contributed by atoms with Crippen LogP contribution >= 0.6 is 0 Å². The Morgan fingerprint density at radius 3 is 2.36 bits per heavy atom. The van der Waals surface area contributed by atoms with Crippen molar-refractivity contribution in [1.82, 2.24) is 5.32 Å². The van der Waals surface area contributed by atoms with Crippen LogP contribution in [0.1, 0.15) is 25.8 Å². The van der Waals surface area contributed by atoms with Crippen molar-refractivity contribution in [3.8, 4) is 0 Å². The molecule has 28 heavy (non-hydrogen) atoms. The summed E-state index contributed by atoms with van der Waals surface area (Å²) in [6.07, 6.45) is 0.201. The van der Waals surface area contributed by atoms with Gasteiger partial charge in [-0.3, -0.25) is 9.59 Å². The third kappa shape index (κ3) is 4.50. The van der Waals surface area contributed by atoms with Gasteiger partial charge in [-0.2, -0.15) is 0 Å². The Hall–Kier alpha value is -2.89. The zero-order valence-electron chi connectivity index (χ0n) is 16.3. The lowest BCUT2D eigenvalue weighted by Crippen LogP contribution is -2.32. The van der Waals surface area contributed by atoms with Crippen molar-refractivity contribution in [3.63, 3.8) is 0 Å². The lowest BCUT2D eigenvalue weighted by atomic mass is 10.1. The van der Waals surface area contributed by atoms with E-state index in [1.165, 1.54) is 12.1 Å². The molecule has 3 rings (SSSR count). The molecule has 0 bridgehead atoms. The SMILES string of the molecule is CCN(CC)c1ccc(N2CC(C(=O)NCc3ccc(F)cc3)CC2=O)cc1. The number of halogens is 1. The van der Waals surface area contributed by atoms with E-state index in [-0.39, 0.29) is 30.0 Å². The first-order valence-corrected chi connectivity index (χ1v) is 9.69. The summed E-state index contributed by atoms with van der Waals surface area (Å²) in [5, 5.41) is 2.85. The van der Waals surface area contributed by atoms with E-state index in [2.05, 4.69) is 24.1 Å². The van der Waals surface area contributed by atoms with Crippen LogP contribution in [0.5, 0.6) is 0 Å². The van der Waals surface area contributed by atoms with Crippen LogP contribution in [-0.4, -0.2) is 31.4 Å². The van der Waals surface area contributed by atoms with Gasteiger partial charge in [0.1, 0.15) is 5.82 Å². The largest absolute Gasteiger partial charge is 0.372 e. The fraction of sp³-hybridized carbons (Fsp3) is 0.364. The minimum absolute atomic E-state index is 0.0440. The van der Waals surface area contributed by atoms with Crippen LogP contribution in [0.4, 0.5) is 15.8 Å². The number of hydrogen-bond donors (Lipinski definition) is 1. The molecule has 0 spiro atoms. The summed E-state index contributed by atoms with van der Waals surface area (Å²) < 4.78 is 13.0. The molecule has 1 N–H and O–H groups in total. The van der Waals surface area contributed by atoms with Crippen LogP contribution in [0.15, 0.2) is 48.5 Å². The number of amides is 2. The fourth-order valence-corrected chi connectivity index (χ4v) is 3.50. The molecule has 148 valence electrons. The number of anilines is 2. The van der Waals surface area contributed by atoms with Crippen molar-refractivity contribution in [2.45, 2.75) is 26.8 Å². The first kappa shape index (κ1) is 19.9. The maximum Gasteiger partial charge on any atom is 0.227 e. The smallest absolute Gasteiger partial charge is 0.227 e. The predicted octanol–water partition coefficient (Wildman–Crippen LogP) is 3.34. The van der Waals surface area contributed by atoms with E-state index in [9.17, 15) is 14.0 Å². The van der Waals surface area contributed by atoms with Crippen LogP contribution in [0.2, 0.25) is 0 Å². The highest BCUT2D eigenvalue weighted by Gasteiger charge is 2.35. The summed E-state index contributed by atoms with van der Waals surface area (Å²) in [7, 11) is 0. The number of benzene rings is 2. The summed E-state index contributed by atoms with van der Waals surface area (Å²) in [5.41, 5.74) is 2.76. The Kier molecular flexibility index (Phi) is 6.29. The van der Waals surface area contributed by atoms with Gasteiger partial charge in [0.2, 0.25) is 11.8 Å². The van der Waals surface area contributed by atoms with Gasteiger partial charge in [0.15, 0.2) is 0 Å². The molecule has 1 unspecified atom stereocenters. The molecule has 2 aromatic carbocycles. The monoisotopic (exact) mass is 383 g/mol. The molecule has 1 heterocycles. The molecule has 6 heteroatoms. The van der Waals surface area contributed by atoms with Gasteiger partial charge in [-0.15, -0.1) is 0 Å². The average Bonchev–Trinajstić information content (AvgIpc) is 3.10. The number of nitrogens with zero attached hydrogens (tertiary/aromatic N) is 2. The molecule has 1 aliphatic heterocycles. The van der Waals surface area contributed by atoms with Gasteiger partial charge >= 0.3 is 0 Å². The van der Waals surface area contributed by atoms with Gasteiger partial charge in [0.05, 0.1) is 5.92 Å². The topological polar surface area (TPSA) is 52.6 Å². The summed E-state index contributed by atoms with van der Waals surface area (Å²) in [5.74, 6) is -0.882. The molecule has 5 nitrogen and oxygen atoms in total. The Morgan fingerprint density at radius 1 is 1.11 bits per heavy atom. The van der Waals surface area contributed by atoms with Gasteiger partial charge < -0.3 is 15.1 Å². The van der Waals surface area contributed by atoms with E-state index in [1.807, 2.05) is 24.3 Å². The minimum Gasteiger partial charge on any atom is -0.372 e. The number of carbonyl (C=O) groups is 2. The predicted molar refractivity (Wildman–Crippen MR) is 109 cm³/mol. The molecular weight excluding hydrogens is 357 g/mol. The van der Waals surface area contributed by atoms with Gasteiger partial charge in [0, 0.05) is 44.0 Å². The highest BCUT2D eigenvalue weighted by atomic mass is 19.1. The lowest BCUT2D eigenvalue weighted by Gasteiger charge is -2.22. The molecule has 1 atom stereocenters. The minimum atomic E-state index is -0.379. The summed E-state index contributed by atoms with van der Waals surface area (Å²) in [6, 6.07) is 13.9. The maximum absolute atomic E-state index is 13.0. The van der Waals surface area contributed by atoms with E-state index in [1.54, 1.807) is 17.0 Å². The van der Waals surface area contributed by atoms with Crippen molar-refractivity contribution in [3.05, 3.63) is 59.9 Å². The zero-order valence-corrected chi connectivity index (χ0v) is 16.3. The Bertz CT molecular complexity index is 817. The Balaban J connectivity index is 1.59. The summed E-state index contributed by atoms with van der Waals surface area (Å²) in [4.78, 5) is 28.8. The molecule has 0 saturated carbocycles. The average molecular weight is 383 g/mol. The molecule has 0 radical (unpaired) electrons. The third-order valence-corrected chi connectivity index (χ3v) is 5.17. The van der Waals surface area contributed by atoms with Crippen LogP contribution in [0.3, 0.4) is 0 Å². The van der Waals surface area contributed by atoms with Crippen LogP contribution in [-0.2, 0) is 16.1 Å². The maximum atomic E-state index is 13.0. The first-order chi connectivity index (χ1) is 13.5. The van der Waals surface area contributed by atoms with Crippen LogP contribution < -0.4 is 15.1 Å². The molecule has 1 saturated heterocycles. The Labute approximate surface area is 165 Å².